The highest BCUT2D eigenvalue weighted by Crippen LogP contribution is 2.17. The standard InChI is InChI=1S/C18H25N3O5/c1-2-3-9-20(11-14-4-6-16(7-5-14)21(25)26)17(22)13-19-10-8-15(12-19)18(23)24/h4-7,15H,2-3,8-13H2,1H3,(H,23,24). The molecule has 1 atom stereocenters. The summed E-state index contributed by atoms with van der Waals surface area (Å²) in [5.74, 6) is -1.25. The van der Waals surface area contributed by atoms with Crippen LogP contribution in [0.3, 0.4) is 0 Å². The lowest BCUT2D eigenvalue weighted by Crippen LogP contribution is -2.40. The maximum atomic E-state index is 12.7. The van der Waals surface area contributed by atoms with E-state index >= 15 is 0 Å². The smallest absolute Gasteiger partial charge is 0.307 e. The fourth-order valence-electron chi connectivity index (χ4n) is 3.05. The fraction of sp³-hybridized carbons (Fsp3) is 0.556. The van der Waals surface area contributed by atoms with E-state index in [0.717, 1.165) is 18.4 Å². The molecular formula is C18H25N3O5. The molecule has 8 nitrogen and oxygen atoms in total. The van der Waals surface area contributed by atoms with Crippen molar-refractivity contribution in [2.24, 2.45) is 5.92 Å². The number of carbonyl (C=O) groups is 2. The second-order valence-electron chi connectivity index (χ2n) is 6.65. The van der Waals surface area contributed by atoms with Gasteiger partial charge in [0.2, 0.25) is 5.91 Å². The molecule has 1 aliphatic rings. The van der Waals surface area contributed by atoms with Crippen molar-refractivity contribution < 1.29 is 19.6 Å². The number of hydrogen-bond acceptors (Lipinski definition) is 5. The molecule has 0 aromatic heterocycles. The van der Waals surface area contributed by atoms with Crippen LogP contribution in [0, 0.1) is 16.0 Å². The van der Waals surface area contributed by atoms with Crippen molar-refractivity contribution in [3.8, 4) is 0 Å². The van der Waals surface area contributed by atoms with Crippen LogP contribution in [0.15, 0.2) is 24.3 Å². The Balaban J connectivity index is 1.98. The molecule has 0 aliphatic carbocycles. The maximum Gasteiger partial charge on any atom is 0.307 e. The van der Waals surface area contributed by atoms with Crippen LogP contribution in [0.5, 0.6) is 0 Å². The number of carbonyl (C=O) groups excluding carboxylic acids is 1. The number of benzene rings is 1. The first-order chi connectivity index (χ1) is 12.4. The summed E-state index contributed by atoms with van der Waals surface area (Å²) in [6.45, 7) is 4.28. The SMILES string of the molecule is CCCCN(Cc1ccc([N+](=O)[O-])cc1)C(=O)CN1CCC(C(=O)O)C1. The van der Waals surface area contributed by atoms with Gasteiger partial charge in [-0.1, -0.05) is 25.5 Å². The van der Waals surface area contributed by atoms with Gasteiger partial charge in [-0.15, -0.1) is 0 Å². The van der Waals surface area contributed by atoms with Crippen LogP contribution in [0.1, 0.15) is 31.7 Å². The molecular weight excluding hydrogens is 338 g/mol. The second kappa shape index (κ2) is 9.28. The molecule has 1 aliphatic heterocycles. The zero-order valence-corrected chi connectivity index (χ0v) is 15.0. The first kappa shape index (κ1) is 19.8. The van der Waals surface area contributed by atoms with E-state index in [1.807, 2.05) is 11.8 Å². The summed E-state index contributed by atoms with van der Waals surface area (Å²) in [6.07, 6.45) is 2.39. The molecule has 1 amide bonds. The molecule has 2 rings (SSSR count). The van der Waals surface area contributed by atoms with Crippen LogP contribution in [0.25, 0.3) is 0 Å². The van der Waals surface area contributed by atoms with Crippen LogP contribution >= 0.6 is 0 Å². The Morgan fingerprint density at radius 3 is 2.58 bits per heavy atom. The highest BCUT2D eigenvalue weighted by Gasteiger charge is 2.29. The van der Waals surface area contributed by atoms with E-state index in [0.29, 0.717) is 32.6 Å². The van der Waals surface area contributed by atoms with E-state index in [1.54, 1.807) is 17.0 Å². The number of likely N-dealkylation sites (tertiary alicyclic amines) is 1. The van der Waals surface area contributed by atoms with E-state index < -0.39 is 16.8 Å². The number of nitro benzene ring substituents is 1. The molecule has 1 aromatic carbocycles. The molecule has 1 aromatic rings. The van der Waals surface area contributed by atoms with Crippen molar-refractivity contribution in [2.75, 3.05) is 26.2 Å². The Bertz CT molecular complexity index is 647. The Labute approximate surface area is 152 Å². The molecule has 0 spiro atoms. The Morgan fingerprint density at radius 1 is 1.35 bits per heavy atom. The van der Waals surface area contributed by atoms with Gasteiger partial charge in [-0.2, -0.15) is 0 Å². The van der Waals surface area contributed by atoms with Crippen molar-refractivity contribution in [2.45, 2.75) is 32.7 Å². The number of aliphatic carboxylic acids is 1. The van der Waals surface area contributed by atoms with Crippen molar-refractivity contribution in [1.29, 1.82) is 0 Å². The number of nitro groups is 1. The summed E-state index contributed by atoms with van der Waals surface area (Å²) < 4.78 is 0. The third-order valence-electron chi connectivity index (χ3n) is 4.64. The van der Waals surface area contributed by atoms with E-state index in [2.05, 4.69) is 0 Å². The third kappa shape index (κ3) is 5.52. The zero-order chi connectivity index (χ0) is 19.1. The lowest BCUT2D eigenvalue weighted by molar-refractivity contribution is -0.384. The monoisotopic (exact) mass is 363 g/mol. The van der Waals surface area contributed by atoms with Gasteiger partial charge >= 0.3 is 5.97 Å². The summed E-state index contributed by atoms with van der Waals surface area (Å²) in [5, 5.41) is 19.8. The quantitative estimate of drug-likeness (QED) is 0.532. The van der Waals surface area contributed by atoms with Crippen molar-refractivity contribution in [3.05, 3.63) is 39.9 Å². The van der Waals surface area contributed by atoms with E-state index in [1.165, 1.54) is 12.1 Å². The van der Waals surface area contributed by atoms with Crippen LogP contribution in [0.2, 0.25) is 0 Å². The summed E-state index contributed by atoms with van der Waals surface area (Å²) in [5.41, 5.74) is 0.863. The molecule has 1 fully saturated rings. The van der Waals surface area contributed by atoms with Gasteiger partial charge in [0.15, 0.2) is 0 Å². The van der Waals surface area contributed by atoms with Crippen LogP contribution < -0.4 is 0 Å². The predicted molar refractivity (Wildman–Crippen MR) is 95.6 cm³/mol. The minimum atomic E-state index is -0.811. The molecule has 0 radical (unpaired) electrons. The molecule has 8 heteroatoms. The summed E-state index contributed by atoms with van der Waals surface area (Å²) >= 11 is 0. The minimum Gasteiger partial charge on any atom is -0.481 e. The molecule has 0 saturated carbocycles. The van der Waals surface area contributed by atoms with Gasteiger partial charge in [-0.05, 0) is 24.9 Å². The number of amides is 1. The van der Waals surface area contributed by atoms with Crippen molar-refractivity contribution >= 4 is 17.6 Å². The number of unbranched alkanes of at least 4 members (excludes halogenated alkanes) is 1. The first-order valence-corrected chi connectivity index (χ1v) is 8.87. The van der Waals surface area contributed by atoms with Gasteiger partial charge in [0.25, 0.3) is 5.69 Å². The second-order valence-corrected chi connectivity index (χ2v) is 6.65. The first-order valence-electron chi connectivity index (χ1n) is 8.87. The van der Waals surface area contributed by atoms with E-state index in [4.69, 9.17) is 5.11 Å². The van der Waals surface area contributed by atoms with Crippen molar-refractivity contribution in [1.82, 2.24) is 9.80 Å². The van der Waals surface area contributed by atoms with E-state index in [-0.39, 0.29) is 18.1 Å². The largest absolute Gasteiger partial charge is 0.481 e. The third-order valence-corrected chi connectivity index (χ3v) is 4.64. The van der Waals surface area contributed by atoms with Gasteiger partial charge < -0.3 is 10.0 Å². The number of non-ortho nitro benzene ring substituents is 1. The van der Waals surface area contributed by atoms with Crippen LogP contribution in [-0.2, 0) is 16.1 Å². The Morgan fingerprint density at radius 2 is 2.04 bits per heavy atom. The minimum absolute atomic E-state index is 0.0250. The molecule has 1 N–H and O–H groups in total. The molecule has 1 saturated heterocycles. The van der Waals surface area contributed by atoms with E-state index in [9.17, 15) is 19.7 Å². The number of rotatable bonds is 9. The fourth-order valence-corrected chi connectivity index (χ4v) is 3.05. The summed E-state index contributed by atoms with van der Waals surface area (Å²) in [6, 6.07) is 6.22. The number of hydrogen-bond donors (Lipinski definition) is 1. The summed E-state index contributed by atoms with van der Waals surface area (Å²) in [4.78, 5) is 37.7. The van der Waals surface area contributed by atoms with Crippen LogP contribution in [0.4, 0.5) is 5.69 Å². The topological polar surface area (TPSA) is 104 Å². The van der Waals surface area contributed by atoms with Gasteiger partial charge in [0.05, 0.1) is 17.4 Å². The molecule has 0 bridgehead atoms. The normalized spacial score (nSPS) is 17.2. The Kier molecular flexibility index (Phi) is 7.08. The average Bonchev–Trinajstić information content (AvgIpc) is 3.07. The van der Waals surface area contributed by atoms with Gasteiger partial charge in [-0.3, -0.25) is 24.6 Å². The number of carboxylic acid groups (broad SMARTS) is 1. The van der Waals surface area contributed by atoms with Crippen LogP contribution in [-0.4, -0.2) is 57.9 Å². The highest BCUT2D eigenvalue weighted by atomic mass is 16.6. The number of nitrogens with zero attached hydrogens (tertiary/aromatic N) is 3. The van der Waals surface area contributed by atoms with Crippen molar-refractivity contribution in [3.63, 3.8) is 0 Å². The zero-order valence-electron chi connectivity index (χ0n) is 15.0. The maximum absolute atomic E-state index is 12.7. The molecule has 142 valence electrons. The lowest BCUT2D eigenvalue weighted by atomic mass is 10.1. The van der Waals surface area contributed by atoms with Gasteiger partial charge in [0.1, 0.15) is 0 Å². The average molecular weight is 363 g/mol. The molecule has 1 unspecified atom stereocenters. The lowest BCUT2D eigenvalue weighted by Gasteiger charge is -2.25. The number of carboxylic acids is 1. The molecule has 1 heterocycles. The summed E-state index contributed by atoms with van der Waals surface area (Å²) in [7, 11) is 0. The Hall–Kier alpha value is -2.48. The predicted octanol–water partition coefficient (Wildman–Crippen LogP) is 2.13. The van der Waals surface area contributed by atoms with Gasteiger partial charge in [-0.25, -0.2) is 0 Å². The molecule has 26 heavy (non-hydrogen) atoms. The highest BCUT2D eigenvalue weighted by molar-refractivity contribution is 5.78. The van der Waals surface area contributed by atoms with Gasteiger partial charge in [0, 0.05) is 31.8 Å².